The maximum Gasteiger partial charge on any atom is 0.186 e. The summed E-state index contributed by atoms with van der Waals surface area (Å²) in [5.74, 6) is 0. The van der Waals surface area contributed by atoms with Crippen LogP contribution in [0.3, 0.4) is 0 Å². The van der Waals surface area contributed by atoms with Crippen molar-refractivity contribution in [3.63, 3.8) is 0 Å². The minimum Gasteiger partial charge on any atom is -0.418 e. The van der Waals surface area contributed by atoms with E-state index in [-0.39, 0.29) is 0 Å². The highest BCUT2D eigenvalue weighted by Gasteiger charge is 2.20. The Kier molecular flexibility index (Phi) is 18.0. The van der Waals surface area contributed by atoms with Crippen molar-refractivity contribution in [2.24, 2.45) is 0 Å². The average Bonchev–Trinajstić information content (AvgIpc) is 2.54. The zero-order valence-electron chi connectivity index (χ0n) is 17.0. The molecule has 0 aliphatic heterocycles. The van der Waals surface area contributed by atoms with Crippen molar-refractivity contribution < 1.29 is 13.9 Å². The Labute approximate surface area is 153 Å². The van der Waals surface area contributed by atoms with E-state index < -0.39 is 8.32 Å². The van der Waals surface area contributed by atoms with Gasteiger partial charge in [-0.2, -0.15) is 0 Å². The molecule has 0 saturated heterocycles. The third-order valence-electron chi connectivity index (χ3n) is 4.38. The quantitative estimate of drug-likeness (QED) is 0.203. The van der Waals surface area contributed by atoms with E-state index in [0.29, 0.717) is 0 Å². The van der Waals surface area contributed by atoms with Gasteiger partial charge in [0, 0.05) is 33.0 Å². The molecule has 4 heteroatoms. The van der Waals surface area contributed by atoms with Crippen LogP contribution in [-0.2, 0) is 13.9 Å². The van der Waals surface area contributed by atoms with E-state index in [1.807, 2.05) is 6.92 Å². The molecule has 0 aromatic rings. The Morgan fingerprint density at radius 2 is 1.04 bits per heavy atom. The number of rotatable bonds is 19. The van der Waals surface area contributed by atoms with Crippen molar-refractivity contribution in [1.82, 2.24) is 0 Å². The van der Waals surface area contributed by atoms with E-state index in [1.165, 1.54) is 63.8 Å². The van der Waals surface area contributed by atoms with Gasteiger partial charge in [-0.1, -0.05) is 51.4 Å². The first-order chi connectivity index (χ1) is 11.6. The molecule has 24 heavy (non-hydrogen) atoms. The predicted octanol–water partition coefficient (Wildman–Crippen LogP) is 6.18. The van der Waals surface area contributed by atoms with Gasteiger partial charge in [-0.25, -0.2) is 0 Å². The van der Waals surface area contributed by atoms with Crippen LogP contribution in [0.2, 0.25) is 19.1 Å². The molecule has 3 nitrogen and oxygen atoms in total. The minimum absolute atomic E-state index is 0.812. The molecule has 0 rings (SSSR count). The summed E-state index contributed by atoms with van der Waals surface area (Å²) in [6, 6.07) is 1.32. The third kappa shape index (κ3) is 18.4. The largest absolute Gasteiger partial charge is 0.418 e. The fraction of sp³-hybridized carbons (Fsp3) is 1.00. The Morgan fingerprint density at radius 3 is 1.62 bits per heavy atom. The number of hydrogen-bond acceptors (Lipinski definition) is 3. The number of unbranched alkanes of at least 4 members (excludes halogenated alkanes) is 8. The van der Waals surface area contributed by atoms with Gasteiger partial charge >= 0.3 is 0 Å². The van der Waals surface area contributed by atoms with Crippen LogP contribution in [0.1, 0.15) is 78.1 Å². The van der Waals surface area contributed by atoms with Crippen LogP contribution < -0.4 is 0 Å². The van der Waals surface area contributed by atoms with E-state index in [1.54, 1.807) is 0 Å². The predicted molar refractivity (Wildman–Crippen MR) is 107 cm³/mol. The molecule has 0 unspecified atom stereocenters. The second-order valence-electron chi connectivity index (χ2n) is 7.29. The molecule has 146 valence electrons. The van der Waals surface area contributed by atoms with Gasteiger partial charge in [0.1, 0.15) is 0 Å². The Morgan fingerprint density at radius 1 is 0.542 bits per heavy atom. The fourth-order valence-electron chi connectivity index (χ4n) is 2.96. The summed E-state index contributed by atoms with van der Waals surface area (Å²) in [6.45, 7) is 13.1. The lowest BCUT2D eigenvalue weighted by molar-refractivity contribution is 0.0860. The first-order valence-corrected chi connectivity index (χ1v) is 13.5. The molecule has 0 atom stereocenters. The lowest BCUT2D eigenvalue weighted by Gasteiger charge is -2.21. The summed E-state index contributed by atoms with van der Waals surface area (Å²) >= 11 is 0. The lowest BCUT2D eigenvalue weighted by atomic mass is 10.1. The Bertz CT molecular complexity index is 247. The van der Waals surface area contributed by atoms with Crippen LogP contribution >= 0.6 is 0 Å². The summed E-state index contributed by atoms with van der Waals surface area (Å²) < 4.78 is 16.8. The molecule has 0 bridgehead atoms. The van der Waals surface area contributed by atoms with Crippen LogP contribution in [0.4, 0.5) is 0 Å². The highest BCUT2D eigenvalue weighted by molar-refractivity contribution is 6.71. The second kappa shape index (κ2) is 17.9. The van der Waals surface area contributed by atoms with Crippen LogP contribution in [0.15, 0.2) is 0 Å². The highest BCUT2D eigenvalue weighted by Crippen LogP contribution is 2.17. The molecule has 0 fully saturated rings. The van der Waals surface area contributed by atoms with Crippen LogP contribution in [-0.4, -0.2) is 41.4 Å². The van der Waals surface area contributed by atoms with E-state index in [4.69, 9.17) is 13.9 Å². The molecule has 0 radical (unpaired) electrons. The maximum atomic E-state index is 5.88. The third-order valence-corrected chi connectivity index (χ3v) is 7.01. The summed E-state index contributed by atoms with van der Waals surface area (Å²) in [5, 5.41) is 0. The molecule has 0 aliphatic rings. The number of ether oxygens (including phenoxy) is 2. The van der Waals surface area contributed by atoms with Crippen molar-refractivity contribution in [1.29, 1.82) is 0 Å². The molecule has 0 amide bonds. The van der Waals surface area contributed by atoms with E-state index in [9.17, 15) is 0 Å². The average molecular weight is 361 g/mol. The lowest BCUT2D eigenvalue weighted by Crippen LogP contribution is -2.29. The summed E-state index contributed by atoms with van der Waals surface area (Å²) in [7, 11) is -1.33. The zero-order valence-corrected chi connectivity index (χ0v) is 18.0. The van der Waals surface area contributed by atoms with E-state index in [2.05, 4.69) is 20.0 Å². The molecule has 0 N–H and O–H groups in total. The number of hydrogen-bond donors (Lipinski definition) is 0. The highest BCUT2D eigenvalue weighted by atomic mass is 28.4. The fourth-order valence-corrected chi connectivity index (χ4v) is 4.99. The molecule has 0 aromatic carbocycles. The van der Waals surface area contributed by atoms with Gasteiger partial charge in [-0.15, -0.1) is 0 Å². The van der Waals surface area contributed by atoms with Crippen molar-refractivity contribution in [3.05, 3.63) is 0 Å². The normalized spacial score (nSPS) is 12.0. The molecule has 0 heterocycles. The van der Waals surface area contributed by atoms with Gasteiger partial charge < -0.3 is 13.9 Å². The van der Waals surface area contributed by atoms with Gasteiger partial charge in [0.25, 0.3) is 0 Å². The molecule has 0 aliphatic carbocycles. The van der Waals surface area contributed by atoms with Gasteiger partial charge in [0.05, 0.1) is 0 Å². The van der Waals surface area contributed by atoms with Crippen molar-refractivity contribution in [2.45, 2.75) is 97.2 Å². The Balaban J connectivity index is 3.10. The van der Waals surface area contributed by atoms with Gasteiger partial charge in [-0.05, 0) is 45.8 Å². The van der Waals surface area contributed by atoms with Crippen molar-refractivity contribution in [3.8, 4) is 0 Å². The standard InChI is InChI=1S/C20H44O3Si/c1-5-21-18-16-19-22-17-14-12-10-8-7-9-11-13-15-20-24(3,4)23-6-2/h5-20H2,1-4H3. The molecular formula is C20H44O3Si. The minimum atomic E-state index is -1.33. The smallest absolute Gasteiger partial charge is 0.186 e. The Hall–Kier alpha value is 0.0969. The van der Waals surface area contributed by atoms with Gasteiger partial charge in [0.15, 0.2) is 8.32 Å². The summed E-state index contributed by atoms with van der Waals surface area (Å²) in [4.78, 5) is 0. The maximum absolute atomic E-state index is 5.88. The first-order valence-electron chi connectivity index (χ1n) is 10.4. The molecule has 0 spiro atoms. The molecule has 0 saturated carbocycles. The van der Waals surface area contributed by atoms with Crippen LogP contribution in [0, 0.1) is 0 Å². The summed E-state index contributed by atoms with van der Waals surface area (Å²) in [5.41, 5.74) is 0. The van der Waals surface area contributed by atoms with Gasteiger partial charge in [0.2, 0.25) is 0 Å². The second-order valence-corrected chi connectivity index (χ2v) is 11.6. The topological polar surface area (TPSA) is 27.7 Å². The first kappa shape index (κ1) is 24.1. The van der Waals surface area contributed by atoms with Crippen molar-refractivity contribution in [2.75, 3.05) is 33.0 Å². The molecule has 0 aromatic heterocycles. The van der Waals surface area contributed by atoms with E-state index >= 15 is 0 Å². The monoisotopic (exact) mass is 360 g/mol. The zero-order chi connectivity index (χ0) is 17.9. The van der Waals surface area contributed by atoms with Crippen molar-refractivity contribution >= 4 is 8.32 Å². The summed E-state index contributed by atoms with van der Waals surface area (Å²) in [6.07, 6.45) is 13.3. The molecular weight excluding hydrogens is 316 g/mol. The SMILES string of the molecule is CCOCCCOCCCCCCCCCCC[Si](C)(C)OCC. The van der Waals surface area contributed by atoms with Crippen LogP contribution in [0.25, 0.3) is 0 Å². The van der Waals surface area contributed by atoms with E-state index in [0.717, 1.165) is 39.5 Å². The van der Waals surface area contributed by atoms with Crippen LogP contribution in [0.5, 0.6) is 0 Å². The van der Waals surface area contributed by atoms with Gasteiger partial charge in [-0.3, -0.25) is 0 Å².